The molecule has 0 aliphatic heterocycles. The van der Waals surface area contributed by atoms with Gasteiger partial charge in [-0.3, -0.25) is 0 Å². The molecule has 0 radical (unpaired) electrons. The summed E-state index contributed by atoms with van der Waals surface area (Å²) in [5.74, 6) is 0.552. The summed E-state index contributed by atoms with van der Waals surface area (Å²) in [6.07, 6.45) is 3.67. The van der Waals surface area contributed by atoms with Crippen molar-refractivity contribution < 1.29 is 13.7 Å². The number of hydrogen-bond donors (Lipinski definition) is 0. The van der Waals surface area contributed by atoms with Crippen LogP contribution in [0.1, 0.15) is 40.6 Å². The molecule has 0 unspecified atom stereocenters. The largest absolute Gasteiger partial charge is 0.464 e. The maximum absolute atomic E-state index is 11.7. The van der Waals surface area contributed by atoms with E-state index in [9.17, 15) is 4.79 Å². The highest BCUT2D eigenvalue weighted by Crippen LogP contribution is 2.39. The topological polar surface area (TPSA) is 61.3 Å². The Balaban J connectivity index is 2.52. The van der Waals surface area contributed by atoms with Gasteiger partial charge in [0.15, 0.2) is 5.69 Å². The highest BCUT2D eigenvalue weighted by Gasteiger charge is 2.30. The molecule has 1 heterocycles. The van der Waals surface area contributed by atoms with Crippen molar-refractivity contribution in [2.24, 2.45) is 0 Å². The van der Waals surface area contributed by atoms with Gasteiger partial charge in [-0.1, -0.05) is 12.7 Å². The van der Waals surface area contributed by atoms with Gasteiger partial charge < -0.3 is 8.92 Å². The van der Waals surface area contributed by atoms with Gasteiger partial charge in [0.1, 0.15) is 10.9 Å². The molecule has 18 heavy (non-hydrogen) atoms. The van der Waals surface area contributed by atoms with Crippen LogP contribution in [0.4, 0.5) is 0 Å². The highest BCUT2D eigenvalue weighted by atomic mass is 32.2. The number of esters is 1. The molecule has 1 aliphatic rings. The molecule has 0 saturated heterocycles. The van der Waals surface area contributed by atoms with Crippen molar-refractivity contribution in [1.29, 1.82) is 0 Å². The van der Waals surface area contributed by atoms with Gasteiger partial charge in [0.25, 0.3) is 0 Å². The summed E-state index contributed by atoms with van der Waals surface area (Å²) >= 11 is 1.10. The maximum atomic E-state index is 11.7. The predicted molar refractivity (Wildman–Crippen MR) is 68.3 cm³/mol. The van der Waals surface area contributed by atoms with E-state index in [0.717, 1.165) is 24.9 Å². The maximum Gasteiger partial charge on any atom is 0.357 e. The van der Waals surface area contributed by atoms with Crippen LogP contribution in [-0.2, 0) is 8.92 Å². The average molecular weight is 266 g/mol. The first-order valence-corrected chi connectivity index (χ1v) is 6.28. The van der Waals surface area contributed by atoms with Crippen LogP contribution in [0, 0.1) is 0 Å². The lowest BCUT2D eigenvalue weighted by atomic mass is 10.2. The lowest BCUT2D eigenvalue weighted by Crippen LogP contribution is -2.11. The van der Waals surface area contributed by atoms with Crippen LogP contribution in [0.2, 0.25) is 0 Å². The van der Waals surface area contributed by atoms with Crippen molar-refractivity contribution in [2.45, 2.75) is 23.8 Å². The van der Waals surface area contributed by atoms with Gasteiger partial charge in [-0.25, -0.2) is 14.8 Å². The van der Waals surface area contributed by atoms with Crippen LogP contribution in [0.5, 0.6) is 0 Å². The molecule has 6 heteroatoms. The summed E-state index contributed by atoms with van der Waals surface area (Å²) < 4.78 is 9.76. The van der Waals surface area contributed by atoms with Crippen molar-refractivity contribution in [3.05, 3.63) is 23.7 Å². The summed E-state index contributed by atoms with van der Waals surface area (Å²) in [4.78, 5) is 20.4. The van der Waals surface area contributed by atoms with Crippen LogP contribution in [0.3, 0.4) is 0 Å². The van der Waals surface area contributed by atoms with Crippen LogP contribution >= 0.6 is 12.0 Å². The van der Waals surface area contributed by atoms with Crippen LogP contribution < -0.4 is 0 Å². The van der Waals surface area contributed by atoms with Gasteiger partial charge in [0.2, 0.25) is 0 Å². The fraction of sp³-hybridized carbons (Fsp3) is 0.417. The molecule has 96 valence electrons. The van der Waals surface area contributed by atoms with E-state index in [0.29, 0.717) is 22.3 Å². The Morgan fingerprint density at radius 3 is 2.67 bits per heavy atom. The van der Waals surface area contributed by atoms with Gasteiger partial charge >= 0.3 is 5.97 Å². The van der Waals surface area contributed by atoms with Crippen LogP contribution in [0.25, 0.3) is 6.08 Å². The van der Waals surface area contributed by atoms with E-state index in [1.807, 2.05) is 0 Å². The van der Waals surface area contributed by atoms with Crippen molar-refractivity contribution in [2.75, 3.05) is 14.2 Å². The van der Waals surface area contributed by atoms with E-state index in [1.54, 1.807) is 13.2 Å². The first-order valence-electron chi connectivity index (χ1n) is 5.54. The molecule has 0 bridgehead atoms. The Morgan fingerprint density at radius 1 is 1.44 bits per heavy atom. The number of carbonyl (C=O) groups is 1. The van der Waals surface area contributed by atoms with Gasteiger partial charge in [-0.05, 0) is 12.8 Å². The van der Waals surface area contributed by atoms with Crippen molar-refractivity contribution in [3.63, 3.8) is 0 Å². The molecule has 0 N–H and O–H groups in total. The predicted octanol–water partition coefficient (Wildman–Crippen LogP) is 2.44. The number of rotatable bonds is 5. The Morgan fingerprint density at radius 2 is 2.17 bits per heavy atom. The second kappa shape index (κ2) is 5.49. The number of methoxy groups -OCH3 is 1. The lowest BCUT2D eigenvalue weighted by molar-refractivity contribution is 0.0592. The van der Waals surface area contributed by atoms with Crippen molar-refractivity contribution >= 4 is 24.1 Å². The van der Waals surface area contributed by atoms with E-state index in [2.05, 4.69) is 16.5 Å². The number of carbonyl (C=O) groups excluding carboxylic acids is 1. The molecule has 0 amide bonds. The quantitative estimate of drug-likeness (QED) is 0.463. The van der Waals surface area contributed by atoms with E-state index in [4.69, 9.17) is 8.92 Å². The Kier molecular flexibility index (Phi) is 3.98. The Hall–Kier alpha value is -1.40. The zero-order valence-electron chi connectivity index (χ0n) is 10.3. The van der Waals surface area contributed by atoms with Crippen LogP contribution in [0.15, 0.2) is 11.6 Å². The number of nitrogens with zero attached hydrogens (tertiary/aromatic N) is 2. The lowest BCUT2D eigenvalue weighted by Gasteiger charge is -2.09. The monoisotopic (exact) mass is 266 g/mol. The first kappa shape index (κ1) is 13.0. The minimum Gasteiger partial charge on any atom is -0.464 e. The fourth-order valence-electron chi connectivity index (χ4n) is 1.57. The van der Waals surface area contributed by atoms with E-state index >= 15 is 0 Å². The van der Waals surface area contributed by atoms with Gasteiger partial charge in [-0.2, -0.15) is 0 Å². The summed E-state index contributed by atoms with van der Waals surface area (Å²) in [5.41, 5.74) is 0.807. The molecular weight excluding hydrogens is 252 g/mol. The smallest absolute Gasteiger partial charge is 0.357 e. The fourth-order valence-corrected chi connectivity index (χ4v) is 2.13. The Labute approximate surface area is 110 Å². The molecule has 1 aliphatic carbocycles. The van der Waals surface area contributed by atoms with Gasteiger partial charge in [-0.15, -0.1) is 0 Å². The number of aromatic nitrogens is 2. The van der Waals surface area contributed by atoms with Crippen molar-refractivity contribution in [3.8, 4) is 0 Å². The number of ether oxygens (including phenoxy) is 1. The minimum absolute atomic E-state index is 0.254. The molecule has 0 spiro atoms. The van der Waals surface area contributed by atoms with Gasteiger partial charge in [0.05, 0.1) is 14.2 Å². The molecular formula is C12H14N2O3S. The zero-order chi connectivity index (χ0) is 13.1. The minimum atomic E-state index is -0.479. The summed E-state index contributed by atoms with van der Waals surface area (Å²) in [5, 5.41) is 0.602. The molecule has 1 aromatic rings. The standard InChI is InChI=1S/C12H14N2O3S/c1-4-8-9(12(15)16-2)13-10(7-5-6-7)14-11(8)18-17-3/h4,7H,1,5-6H2,2-3H3. The SMILES string of the molecule is C=Cc1c(SOC)nc(C2CC2)nc1C(=O)OC. The van der Waals surface area contributed by atoms with Gasteiger partial charge in [0, 0.05) is 23.5 Å². The normalized spacial score (nSPS) is 14.3. The zero-order valence-corrected chi connectivity index (χ0v) is 11.1. The first-order chi connectivity index (χ1) is 8.71. The molecule has 1 fully saturated rings. The molecule has 5 nitrogen and oxygen atoms in total. The van der Waals surface area contributed by atoms with E-state index in [-0.39, 0.29) is 5.69 Å². The summed E-state index contributed by atoms with van der Waals surface area (Å²) in [7, 11) is 2.88. The summed E-state index contributed by atoms with van der Waals surface area (Å²) in [6, 6.07) is 0. The third-order valence-electron chi connectivity index (χ3n) is 2.62. The van der Waals surface area contributed by atoms with Crippen molar-refractivity contribution in [1.82, 2.24) is 9.97 Å². The van der Waals surface area contributed by atoms with Crippen LogP contribution in [-0.4, -0.2) is 30.2 Å². The third-order valence-corrected chi connectivity index (χ3v) is 3.25. The molecule has 1 aromatic heterocycles. The second-order valence-corrected chi connectivity index (χ2v) is 4.76. The highest BCUT2D eigenvalue weighted by molar-refractivity contribution is 7.94. The third kappa shape index (κ3) is 2.54. The second-order valence-electron chi connectivity index (χ2n) is 3.87. The average Bonchev–Trinajstić information content (AvgIpc) is 3.21. The molecule has 1 saturated carbocycles. The van der Waals surface area contributed by atoms with E-state index in [1.165, 1.54) is 7.11 Å². The molecule has 2 rings (SSSR count). The number of hydrogen-bond acceptors (Lipinski definition) is 6. The van der Waals surface area contributed by atoms with E-state index < -0.39 is 5.97 Å². The molecule has 0 aromatic carbocycles. The summed E-state index contributed by atoms with van der Waals surface area (Å²) in [6.45, 7) is 3.68. The molecule has 0 atom stereocenters. The Bertz CT molecular complexity index is 486.